The van der Waals surface area contributed by atoms with Crippen molar-refractivity contribution in [1.82, 2.24) is 4.98 Å². The van der Waals surface area contributed by atoms with Crippen LogP contribution in [0.5, 0.6) is 5.88 Å². The van der Waals surface area contributed by atoms with E-state index in [1.54, 1.807) is 6.07 Å². The Hall–Kier alpha value is -1.29. The number of hydrogen-bond donors (Lipinski definition) is 2. The summed E-state index contributed by atoms with van der Waals surface area (Å²) in [7, 11) is 0. The topological polar surface area (TPSA) is 54.4 Å². The quantitative estimate of drug-likeness (QED) is 0.776. The van der Waals surface area contributed by atoms with Gasteiger partial charge in [0.25, 0.3) is 0 Å². The highest BCUT2D eigenvalue weighted by Gasteiger charge is 2.16. The Morgan fingerprint density at radius 3 is 2.80 bits per heavy atom. The Morgan fingerprint density at radius 2 is 2.20 bits per heavy atom. The predicted molar refractivity (Wildman–Crippen MR) is 60.2 cm³/mol. The number of rotatable bonds is 5. The van der Waals surface area contributed by atoms with Crippen LogP contribution in [0.1, 0.15) is 20.8 Å². The predicted octanol–water partition coefficient (Wildman–Crippen LogP) is 1.66. The fraction of sp³-hybridized carbons (Fsp3) is 0.545. The maximum atomic E-state index is 9.11. The van der Waals surface area contributed by atoms with Crippen LogP contribution in [-0.2, 0) is 0 Å². The molecule has 0 bridgehead atoms. The molecule has 1 aromatic heterocycles. The molecule has 0 radical (unpaired) electrons. The van der Waals surface area contributed by atoms with E-state index in [9.17, 15) is 0 Å². The zero-order chi connectivity index (χ0) is 11.3. The number of aromatic nitrogens is 1. The second-order valence-electron chi connectivity index (χ2n) is 3.96. The summed E-state index contributed by atoms with van der Waals surface area (Å²) in [5.74, 6) is 1.30. The molecule has 1 heterocycles. The molecule has 4 heteroatoms. The van der Waals surface area contributed by atoms with Crippen molar-refractivity contribution in [2.75, 3.05) is 18.5 Å². The van der Waals surface area contributed by atoms with Crippen molar-refractivity contribution in [3.8, 4) is 5.88 Å². The van der Waals surface area contributed by atoms with E-state index >= 15 is 0 Å². The summed E-state index contributed by atoms with van der Waals surface area (Å²) < 4.78 is 5.28. The van der Waals surface area contributed by atoms with Gasteiger partial charge in [0.15, 0.2) is 0 Å². The third-order valence-corrected chi connectivity index (χ3v) is 1.88. The van der Waals surface area contributed by atoms with E-state index in [0.717, 1.165) is 0 Å². The SMILES string of the molecule is CCOc1cccc(NC(C)(C)CO)n1. The van der Waals surface area contributed by atoms with Gasteiger partial charge in [-0.2, -0.15) is 4.98 Å². The molecule has 0 amide bonds. The summed E-state index contributed by atoms with van der Waals surface area (Å²) in [6, 6.07) is 5.52. The van der Waals surface area contributed by atoms with E-state index in [1.807, 2.05) is 32.9 Å². The molecule has 0 aromatic carbocycles. The summed E-state index contributed by atoms with van der Waals surface area (Å²) in [6.07, 6.45) is 0. The molecule has 2 N–H and O–H groups in total. The third kappa shape index (κ3) is 3.75. The number of aliphatic hydroxyl groups excluding tert-OH is 1. The highest BCUT2D eigenvalue weighted by atomic mass is 16.5. The highest BCUT2D eigenvalue weighted by Crippen LogP contribution is 2.15. The van der Waals surface area contributed by atoms with Crippen molar-refractivity contribution in [2.45, 2.75) is 26.3 Å². The van der Waals surface area contributed by atoms with E-state index in [-0.39, 0.29) is 12.1 Å². The number of nitrogens with one attached hydrogen (secondary N) is 1. The van der Waals surface area contributed by atoms with Gasteiger partial charge in [0.2, 0.25) is 5.88 Å². The van der Waals surface area contributed by atoms with E-state index < -0.39 is 0 Å². The van der Waals surface area contributed by atoms with Crippen molar-refractivity contribution >= 4 is 5.82 Å². The van der Waals surface area contributed by atoms with Crippen LogP contribution >= 0.6 is 0 Å². The van der Waals surface area contributed by atoms with E-state index in [2.05, 4.69) is 10.3 Å². The molecule has 4 nitrogen and oxygen atoms in total. The van der Waals surface area contributed by atoms with Gasteiger partial charge in [0.1, 0.15) is 5.82 Å². The van der Waals surface area contributed by atoms with E-state index in [4.69, 9.17) is 9.84 Å². The van der Waals surface area contributed by atoms with Crippen LogP contribution in [0.2, 0.25) is 0 Å². The lowest BCUT2D eigenvalue weighted by Gasteiger charge is -2.24. The Labute approximate surface area is 90.3 Å². The minimum Gasteiger partial charge on any atom is -0.478 e. The van der Waals surface area contributed by atoms with Crippen molar-refractivity contribution in [1.29, 1.82) is 0 Å². The summed E-state index contributed by atoms with van der Waals surface area (Å²) in [4.78, 5) is 4.25. The lowest BCUT2D eigenvalue weighted by Crippen LogP contribution is -2.35. The molecule has 0 saturated heterocycles. The van der Waals surface area contributed by atoms with E-state index in [0.29, 0.717) is 18.3 Å². The molecular weight excluding hydrogens is 192 g/mol. The Kier molecular flexibility index (Phi) is 3.91. The number of pyridine rings is 1. The molecule has 15 heavy (non-hydrogen) atoms. The maximum absolute atomic E-state index is 9.11. The minimum atomic E-state index is -0.377. The highest BCUT2D eigenvalue weighted by molar-refractivity contribution is 5.39. The minimum absolute atomic E-state index is 0.0491. The molecule has 0 spiro atoms. The Bertz CT molecular complexity index is 313. The van der Waals surface area contributed by atoms with Crippen molar-refractivity contribution in [3.63, 3.8) is 0 Å². The molecule has 0 fully saturated rings. The number of nitrogens with zero attached hydrogens (tertiary/aromatic N) is 1. The molecule has 84 valence electrons. The standard InChI is InChI=1S/C11H18N2O2/c1-4-15-10-7-5-6-9(12-10)13-11(2,3)8-14/h5-7,14H,4,8H2,1-3H3,(H,12,13). The number of aliphatic hydroxyl groups is 1. The smallest absolute Gasteiger partial charge is 0.215 e. The molecule has 1 rings (SSSR count). The first kappa shape index (κ1) is 11.8. The monoisotopic (exact) mass is 210 g/mol. The van der Waals surface area contributed by atoms with Gasteiger partial charge in [0, 0.05) is 6.07 Å². The number of hydrogen-bond acceptors (Lipinski definition) is 4. The molecule has 0 unspecified atom stereocenters. The number of anilines is 1. The lowest BCUT2D eigenvalue weighted by atomic mass is 10.1. The van der Waals surface area contributed by atoms with Gasteiger partial charge in [-0.1, -0.05) is 6.07 Å². The van der Waals surface area contributed by atoms with Gasteiger partial charge < -0.3 is 15.2 Å². The molecular formula is C11H18N2O2. The second kappa shape index (κ2) is 4.98. The molecule has 0 atom stereocenters. The normalized spacial score (nSPS) is 11.2. The zero-order valence-corrected chi connectivity index (χ0v) is 9.45. The first-order chi connectivity index (χ1) is 7.07. The maximum Gasteiger partial charge on any atom is 0.215 e. The van der Waals surface area contributed by atoms with Gasteiger partial charge >= 0.3 is 0 Å². The molecule has 0 aliphatic heterocycles. The fourth-order valence-corrected chi connectivity index (χ4v) is 1.10. The zero-order valence-electron chi connectivity index (χ0n) is 9.45. The van der Waals surface area contributed by atoms with Crippen LogP contribution in [0.25, 0.3) is 0 Å². The van der Waals surface area contributed by atoms with Crippen molar-refractivity contribution in [3.05, 3.63) is 18.2 Å². The van der Waals surface area contributed by atoms with E-state index in [1.165, 1.54) is 0 Å². The van der Waals surface area contributed by atoms with Gasteiger partial charge in [-0.05, 0) is 26.8 Å². The second-order valence-corrected chi connectivity index (χ2v) is 3.96. The van der Waals surface area contributed by atoms with Gasteiger partial charge in [0.05, 0.1) is 18.8 Å². The average Bonchev–Trinajstić information content (AvgIpc) is 2.18. The average molecular weight is 210 g/mol. The van der Waals surface area contributed by atoms with Crippen molar-refractivity contribution in [2.24, 2.45) is 0 Å². The van der Waals surface area contributed by atoms with Crippen LogP contribution in [0.3, 0.4) is 0 Å². The summed E-state index contributed by atoms with van der Waals surface area (Å²) >= 11 is 0. The fourth-order valence-electron chi connectivity index (χ4n) is 1.10. The first-order valence-electron chi connectivity index (χ1n) is 5.06. The van der Waals surface area contributed by atoms with Gasteiger partial charge in [-0.15, -0.1) is 0 Å². The van der Waals surface area contributed by atoms with Crippen LogP contribution in [0.15, 0.2) is 18.2 Å². The summed E-state index contributed by atoms with van der Waals surface area (Å²) in [6.45, 7) is 6.37. The Morgan fingerprint density at radius 1 is 1.47 bits per heavy atom. The van der Waals surface area contributed by atoms with Crippen LogP contribution in [-0.4, -0.2) is 28.8 Å². The molecule has 0 saturated carbocycles. The molecule has 0 aliphatic carbocycles. The Balaban J connectivity index is 2.73. The first-order valence-corrected chi connectivity index (χ1v) is 5.06. The van der Waals surface area contributed by atoms with Crippen LogP contribution < -0.4 is 10.1 Å². The summed E-state index contributed by atoms with van der Waals surface area (Å²) in [5, 5.41) is 12.2. The number of ether oxygens (including phenoxy) is 1. The largest absolute Gasteiger partial charge is 0.478 e. The van der Waals surface area contributed by atoms with Crippen LogP contribution in [0.4, 0.5) is 5.82 Å². The molecule has 1 aromatic rings. The van der Waals surface area contributed by atoms with Gasteiger partial charge in [-0.25, -0.2) is 0 Å². The third-order valence-electron chi connectivity index (χ3n) is 1.88. The summed E-state index contributed by atoms with van der Waals surface area (Å²) in [5.41, 5.74) is -0.377. The van der Waals surface area contributed by atoms with Crippen molar-refractivity contribution < 1.29 is 9.84 Å². The lowest BCUT2D eigenvalue weighted by molar-refractivity contribution is 0.233. The van der Waals surface area contributed by atoms with Crippen LogP contribution in [0, 0.1) is 0 Å². The molecule has 0 aliphatic rings. The van der Waals surface area contributed by atoms with Gasteiger partial charge in [-0.3, -0.25) is 0 Å².